The molecule has 0 saturated heterocycles. The van der Waals surface area contributed by atoms with Gasteiger partial charge in [-0.3, -0.25) is 4.40 Å². The molecule has 0 amide bonds. The molecule has 0 radical (unpaired) electrons. The Morgan fingerprint density at radius 3 is 2.67 bits per heavy atom. The molecule has 0 fully saturated rings. The number of benzene rings is 2. The zero-order valence-corrected chi connectivity index (χ0v) is 19.6. The average Bonchev–Trinajstić information content (AvgIpc) is 3.26. The van der Waals surface area contributed by atoms with Crippen LogP contribution in [0.5, 0.6) is 0 Å². The number of hydrogen-bond acceptors (Lipinski definition) is 5. The van der Waals surface area contributed by atoms with Crippen LogP contribution in [0.1, 0.15) is 26.3 Å². The lowest BCUT2D eigenvalue weighted by Crippen LogP contribution is -2.32. The Bertz CT molecular complexity index is 1500. The Morgan fingerprint density at radius 2 is 1.88 bits per heavy atom. The van der Waals surface area contributed by atoms with Crippen LogP contribution in [-0.2, 0) is 5.41 Å². The molecular formula is C25H23ClN6O. The molecule has 0 bridgehead atoms. The van der Waals surface area contributed by atoms with E-state index in [9.17, 15) is 5.21 Å². The average molecular weight is 459 g/mol. The van der Waals surface area contributed by atoms with Gasteiger partial charge in [0.1, 0.15) is 12.1 Å². The van der Waals surface area contributed by atoms with Gasteiger partial charge in [0.2, 0.25) is 5.69 Å². The fourth-order valence-electron chi connectivity index (χ4n) is 4.14. The summed E-state index contributed by atoms with van der Waals surface area (Å²) in [4.78, 5) is 6.74. The number of nitrogens with zero attached hydrogens (tertiary/aromatic N) is 6. The zero-order valence-electron chi connectivity index (χ0n) is 18.8. The molecule has 3 heterocycles. The van der Waals surface area contributed by atoms with Crippen molar-refractivity contribution < 1.29 is 4.73 Å². The van der Waals surface area contributed by atoms with Gasteiger partial charge in [0, 0.05) is 40.3 Å². The predicted octanol–water partition coefficient (Wildman–Crippen LogP) is 5.30. The quantitative estimate of drug-likeness (QED) is 0.271. The summed E-state index contributed by atoms with van der Waals surface area (Å²) in [6.45, 7) is 6.32. The summed E-state index contributed by atoms with van der Waals surface area (Å²) in [6.07, 6.45) is 3.17. The van der Waals surface area contributed by atoms with Crippen LogP contribution in [0, 0.1) is 5.21 Å². The third-order valence-corrected chi connectivity index (χ3v) is 6.02. The molecular weight excluding hydrogens is 436 g/mol. The van der Waals surface area contributed by atoms with Gasteiger partial charge < -0.3 is 10.1 Å². The van der Waals surface area contributed by atoms with E-state index in [0.717, 1.165) is 38.3 Å². The van der Waals surface area contributed by atoms with Crippen molar-refractivity contribution in [3.8, 4) is 11.3 Å². The maximum atomic E-state index is 12.8. The second-order valence-electron chi connectivity index (χ2n) is 9.05. The van der Waals surface area contributed by atoms with E-state index in [1.165, 1.54) is 0 Å². The van der Waals surface area contributed by atoms with Gasteiger partial charge in [-0.15, -0.1) is 10.2 Å². The van der Waals surface area contributed by atoms with Crippen LogP contribution in [0.3, 0.4) is 0 Å². The lowest BCUT2D eigenvalue weighted by atomic mass is 9.84. The minimum Gasteiger partial charge on any atom is -0.618 e. The molecule has 166 valence electrons. The van der Waals surface area contributed by atoms with E-state index in [1.807, 2.05) is 64.9 Å². The molecule has 0 spiro atoms. The predicted molar refractivity (Wildman–Crippen MR) is 131 cm³/mol. The zero-order chi connectivity index (χ0) is 23.3. The molecule has 33 heavy (non-hydrogen) atoms. The number of halogens is 1. The van der Waals surface area contributed by atoms with Crippen LogP contribution >= 0.6 is 11.6 Å². The van der Waals surface area contributed by atoms with E-state index in [1.54, 1.807) is 18.6 Å². The number of aromatic nitrogens is 5. The molecule has 0 N–H and O–H groups in total. The first-order valence-corrected chi connectivity index (χ1v) is 11.0. The Morgan fingerprint density at radius 1 is 1.06 bits per heavy atom. The fraction of sp³-hybridized carbons (Fsp3) is 0.200. The van der Waals surface area contributed by atoms with Crippen LogP contribution in [0.4, 0.5) is 11.5 Å². The molecule has 8 heteroatoms. The first kappa shape index (κ1) is 21.2. The van der Waals surface area contributed by atoms with Crippen molar-refractivity contribution in [1.82, 2.24) is 19.6 Å². The molecule has 5 aromatic rings. The van der Waals surface area contributed by atoms with E-state index >= 15 is 0 Å². The Labute approximate surface area is 196 Å². The first-order chi connectivity index (χ1) is 15.7. The topological polar surface area (TPSA) is 73.3 Å². The molecule has 0 unspecified atom stereocenters. The highest BCUT2D eigenvalue weighted by molar-refractivity contribution is 6.31. The van der Waals surface area contributed by atoms with E-state index in [4.69, 9.17) is 16.6 Å². The van der Waals surface area contributed by atoms with Gasteiger partial charge in [0.25, 0.3) is 5.78 Å². The van der Waals surface area contributed by atoms with E-state index in [2.05, 4.69) is 31.0 Å². The third-order valence-electron chi connectivity index (χ3n) is 5.79. The highest BCUT2D eigenvalue weighted by Gasteiger charge is 2.25. The van der Waals surface area contributed by atoms with Gasteiger partial charge in [0.05, 0.1) is 5.52 Å². The van der Waals surface area contributed by atoms with E-state index < -0.39 is 0 Å². The summed E-state index contributed by atoms with van der Waals surface area (Å²) >= 11 is 6.27. The monoisotopic (exact) mass is 458 g/mol. The van der Waals surface area contributed by atoms with Gasteiger partial charge >= 0.3 is 0 Å². The molecule has 0 aliphatic rings. The number of fused-ring (bicyclic) bond motifs is 3. The fourth-order valence-corrected chi connectivity index (χ4v) is 4.31. The van der Waals surface area contributed by atoms with Crippen molar-refractivity contribution in [3.63, 3.8) is 0 Å². The first-order valence-electron chi connectivity index (χ1n) is 10.6. The summed E-state index contributed by atoms with van der Waals surface area (Å²) in [5.74, 6) is 1.21. The second-order valence-corrected chi connectivity index (χ2v) is 9.49. The summed E-state index contributed by atoms with van der Waals surface area (Å²) in [5, 5.41) is 22.5. The highest BCUT2D eigenvalue weighted by atomic mass is 35.5. The van der Waals surface area contributed by atoms with Gasteiger partial charge in [-0.2, -0.15) is 9.71 Å². The molecule has 0 aliphatic heterocycles. The van der Waals surface area contributed by atoms with Gasteiger partial charge in [-0.05, 0) is 47.9 Å². The molecule has 2 aromatic carbocycles. The van der Waals surface area contributed by atoms with Crippen molar-refractivity contribution in [1.29, 1.82) is 0 Å². The Hall–Kier alpha value is -3.71. The summed E-state index contributed by atoms with van der Waals surface area (Å²) < 4.78 is 2.76. The molecule has 7 nitrogen and oxygen atoms in total. The van der Waals surface area contributed by atoms with E-state index in [0.29, 0.717) is 16.5 Å². The minimum absolute atomic E-state index is 0.180. The minimum atomic E-state index is -0.180. The van der Waals surface area contributed by atoms with Crippen molar-refractivity contribution in [3.05, 3.63) is 82.9 Å². The van der Waals surface area contributed by atoms with E-state index in [-0.39, 0.29) is 5.41 Å². The summed E-state index contributed by atoms with van der Waals surface area (Å²) in [6, 6.07) is 17.4. The smallest absolute Gasteiger partial charge is 0.257 e. The third kappa shape index (κ3) is 3.64. The lowest BCUT2D eigenvalue weighted by molar-refractivity contribution is -0.594. The largest absolute Gasteiger partial charge is 0.618 e. The molecule has 3 aromatic heterocycles. The molecule has 0 saturated carbocycles. The van der Waals surface area contributed by atoms with Crippen molar-refractivity contribution in [2.24, 2.45) is 0 Å². The lowest BCUT2D eigenvalue weighted by Gasteiger charge is -2.23. The standard InChI is InChI=1S/C25H23ClN6O/c1-25(2,3)20-9-6-12-32(33)22(20)16-7-5-8-18(13-16)30(4)23-19-11-10-17(26)14-21(19)31-15-27-29-24(31)28-23/h5-15H,1-4H3. The SMILES string of the molecule is CN(c1cccc(-c2c(C(C)(C)C)ccc[n+]2[O-])c1)c1nc2nncn2c2cc(Cl)ccc12. The van der Waals surface area contributed by atoms with Crippen LogP contribution in [-0.4, -0.2) is 26.6 Å². The van der Waals surface area contributed by atoms with Crippen LogP contribution in [0.15, 0.2) is 67.1 Å². The molecule has 0 atom stereocenters. The van der Waals surface area contributed by atoms with Crippen molar-refractivity contribution in [2.75, 3.05) is 11.9 Å². The number of pyridine rings is 1. The highest BCUT2D eigenvalue weighted by Crippen LogP contribution is 2.35. The van der Waals surface area contributed by atoms with Gasteiger partial charge in [-0.1, -0.05) is 38.4 Å². The second kappa shape index (κ2) is 7.71. The van der Waals surface area contributed by atoms with Crippen molar-refractivity contribution >= 4 is 39.8 Å². The van der Waals surface area contributed by atoms with Gasteiger partial charge in [0.15, 0.2) is 6.20 Å². The maximum Gasteiger partial charge on any atom is 0.257 e. The Balaban J connectivity index is 1.68. The van der Waals surface area contributed by atoms with Crippen molar-refractivity contribution in [2.45, 2.75) is 26.2 Å². The van der Waals surface area contributed by atoms with Crippen LogP contribution in [0.25, 0.3) is 27.9 Å². The number of rotatable bonds is 3. The number of anilines is 2. The number of hydrogen-bond donors (Lipinski definition) is 0. The molecule has 0 aliphatic carbocycles. The van der Waals surface area contributed by atoms with Crippen LogP contribution < -0.4 is 9.63 Å². The maximum absolute atomic E-state index is 12.8. The summed E-state index contributed by atoms with van der Waals surface area (Å²) in [5.41, 5.74) is 4.06. The summed E-state index contributed by atoms with van der Waals surface area (Å²) in [7, 11) is 1.95. The van der Waals surface area contributed by atoms with Gasteiger partial charge in [-0.25, -0.2) is 0 Å². The normalized spacial score (nSPS) is 11.9. The van der Waals surface area contributed by atoms with Crippen LogP contribution in [0.2, 0.25) is 5.02 Å². The Kier molecular flexibility index (Phi) is 4.94. The molecule has 5 rings (SSSR count).